The van der Waals surface area contributed by atoms with Crippen LogP contribution in [0.5, 0.6) is 0 Å². The van der Waals surface area contributed by atoms with Crippen LogP contribution < -0.4 is 10.7 Å². The molecule has 0 atom stereocenters. The maximum Gasteiger partial charge on any atom is 0.280 e. The number of aromatic nitrogens is 3. The highest BCUT2D eigenvalue weighted by atomic mass is 19.1. The van der Waals surface area contributed by atoms with E-state index in [1.807, 2.05) is 6.92 Å². The van der Waals surface area contributed by atoms with Crippen molar-refractivity contribution >= 4 is 22.5 Å². The maximum absolute atomic E-state index is 13.5. The smallest absolute Gasteiger partial charge is 0.280 e. The third-order valence-electron chi connectivity index (χ3n) is 3.37. The molecule has 6 nitrogen and oxygen atoms in total. The number of carbonyl (C=O) groups excluding carboxylic acids is 1. The lowest BCUT2D eigenvalue weighted by atomic mass is 10.2. The Balaban J connectivity index is 2.12. The van der Waals surface area contributed by atoms with Crippen molar-refractivity contribution in [2.45, 2.75) is 13.5 Å². The Morgan fingerprint density at radius 2 is 2.00 bits per heavy atom. The predicted octanol–water partition coefficient (Wildman–Crippen LogP) is 2.20. The first kappa shape index (κ1) is 14.8. The maximum atomic E-state index is 13.5. The number of hydrogen-bond acceptors (Lipinski definition) is 4. The van der Waals surface area contributed by atoms with Crippen LogP contribution in [0.25, 0.3) is 10.9 Å². The number of nitrogens with one attached hydrogen (secondary N) is 1. The fourth-order valence-corrected chi connectivity index (χ4v) is 2.28. The molecule has 23 heavy (non-hydrogen) atoms. The van der Waals surface area contributed by atoms with Gasteiger partial charge in [-0.05, 0) is 37.3 Å². The Kier molecular flexibility index (Phi) is 3.84. The topological polar surface area (TPSA) is 76.9 Å². The van der Waals surface area contributed by atoms with E-state index in [1.54, 1.807) is 12.1 Å². The summed E-state index contributed by atoms with van der Waals surface area (Å²) in [6, 6.07) is 7.04. The number of benzene rings is 1. The van der Waals surface area contributed by atoms with E-state index < -0.39 is 17.2 Å². The third kappa shape index (κ3) is 2.80. The summed E-state index contributed by atoms with van der Waals surface area (Å²) in [5.74, 6) is -1.18. The van der Waals surface area contributed by atoms with Gasteiger partial charge in [0, 0.05) is 24.6 Å². The van der Waals surface area contributed by atoms with Crippen molar-refractivity contribution in [1.82, 2.24) is 14.8 Å². The van der Waals surface area contributed by atoms with Crippen LogP contribution in [0.3, 0.4) is 0 Å². The predicted molar refractivity (Wildman–Crippen MR) is 83.8 cm³/mol. The first-order chi connectivity index (χ1) is 11.1. The fraction of sp³-hybridized carbons (Fsp3) is 0.125. The second-order valence-corrected chi connectivity index (χ2v) is 4.84. The van der Waals surface area contributed by atoms with E-state index in [1.165, 1.54) is 29.2 Å². The van der Waals surface area contributed by atoms with Crippen LogP contribution in [0.4, 0.5) is 10.1 Å². The monoisotopic (exact) mass is 312 g/mol. The van der Waals surface area contributed by atoms with Gasteiger partial charge in [0.2, 0.25) is 5.43 Å². The summed E-state index contributed by atoms with van der Waals surface area (Å²) in [5.41, 5.74) is 0.102. The van der Waals surface area contributed by atoms with Gasteiger partial charge in [-0.15, -0.1) is 0 Å². The molecule has 0 saturated heterocycles. The minimum absolute atomic E-state index is 0.127. The zero-order valence-corrected chi connectivity index (χ0v) is 12.3. The van der Waals surface area contributed by atoms with Gasteiger partial charge >= 0.3 is 0 Å². The molecule has 3 aromatic rings. The van der Waals surface area contributed by atoms with Crippen molar-refractivity contribution < 1.29 is 9.18 Å². The van der Waals surface area contributed by atoms with E-state index in [-0.39, 0.29) is 11.1 Å². The van der Waals surface area contributed by atoms with Crippen LogP contribution in [0.15, 0.2) is 47.5 Å². The van der Waals surface area contributed by atoms with E-state index in [9.17, 15) is 14.0 Å². The second kappa shape index (κ2) is 5.96. The van der Waals surface area contributed by atoms with Crippen molar-refractivity contribution in [3.8, 4) is 0 Å². The van der Waals surface area contributed by atoms with Gasteiger partial charge in [-0.1, -0.05) is 0 Å². The molecular formula is C16H13FN4O2. The van der Waals surface area contributed by atoms with Crippen LogP contribution in [-0.4, -0.2) is 20.7 Å². The van der Waals surface area contributed by atoms with Gasteiger partial charge in [-0.3, -0.25) is 19.3 Å². The van der Waals surface area contributed by atoms with Crippen LogP contribution in [0.1, 0.15) is 17.4 Å². The van der Waals surface area contributed by atoms with Gasteiger partial charge in [-0.2, -0.15) is 5.10 Å². The van der Waals surface area contributed by atoms with Crippen molar-refractivity contribution in [2.75, 3.05) is 5.32 Å². The molecule has 116 valence electrons. The number of aryl methyl sites for hydroxylation is 1. The van der Waals surface area contributed by atoms with Gasteiger partial charge in [0.15, 0.2) is 5.69 Å². The van der Waals surface area contributed by atoms with Crippen molar-refractivity contribution in [3.05, 3.63) is 64.5 Å². The summed E-state index contributed by atoms with van der Waals surface area (Å²) in [6.07, 6.45) is 3.03. The Morgan fingerprint density at radius 1 is 1.26 bits per heavy atom. The standard InChI is InChI=1S/C16H13FN4O2/c1-2-21-13-4-3-10(17)9-12(13)15(22)14(20-21)16(23)19-11-5-7-18-8-6-11/h3-9H,2H2,1H3,(H,18,19,23). The number of halogens is 1. The number of rotatable bonds is 3. The molecule has 1 amide bonds. The van der Waals surface area contributed by atoms with E-state index in [4.69, 9.17) is 0 Å². The van der Waals surface area contributed by atoms with Crippen molar-refractivity contribution in [3.63, 3.8) is 0 Å². The van der Waals surface area contributed by atoms with Crippen LogP contribution in [0.2, 0.25) is 0 Å². The summed E-state index contributed by atoms with van der Waals surface area (Å²) < 4.78 is 15.0. The quantitative estimate of drug-likeness (QED) is 0.804. The Labute approximate surface area is 130 Å². The molecule has 3 rings (SSSR count). The Bertz CT molecular complexity index is 938. The Hall–Kier alpha value is -3.09. The molecule has 0 spiro atoms. The second-order valence-electron chi connectivity index (χ2n) is 4.84. The van der Waals surface area contributed by atoms with Crippen LogP contribution in [0, 0.1) is 5.82 Å². The molecule has 0 bridgehead atoms. The minimum atomic E-state index is -0.644. The number of fused-ring (bicyclic) bond motifs is 1. The molecule has 1 aromatic carbocycles. The lowest BCUT2D eigenvalue weighted by Crippen LogP contribution is -2.27. The van der Waals surface area contributed by atoms with E-state index >= 15 is 0 Å². The van der Waals surface area contributed by atoms with E-state index in [0.717, 1.165) is 6.07 Å². The number of pyridine rings is 1. The molecule has 0 fully saturated rings. The minimum Gasteiger partial charge on any atom is -0.320 e. The molecule has 7 heteroatoms. The van der Waals surface area contributed by atoms with E-state index in [2.05, 4.69) is 15.4 Å². The average Bonchev–Trinajstić information content (AvgIpc) is 2.56. The summed E-state index contributed by atoms with van der Waals surface area (Å²) in [4.78, 5) is 28.6. The number of carbonyl (C=O) groups is 1. The number of anilines is 1. The van der Waals surface area contributed by atoms with Crippen LogP contribution in [-0.2, 0) is 6.54 Å². The molecule has 1 N–H and O–H groups in total. The van der Waals surface area contributed by atoms with Crippen molar-refractivity contribution in [2.24, 2.45) is 0 Å². The van der Waals surface area contributed by atoms with Gasteiger partial charge in [0.1, 0.15) is 5.82 Å². The highest BCUT2D eigenvalue weighted by Gasteiger charge is 2.17. The molecule has 0 radical (unpaired) electrons. The summed E-state index contributed by atoms with van der Waals surface area (Å²) in [6.45, 7) is 2.27. The SMILES string of the molecule is CCn1nc(C(=O)Nc2ccncc2)c(=O)c2cc(F)ccc21. The summed E-state index contributed by atoms with van der Waals surface area (Å²) in [7, 11) is 0. The Morgan fingerprint density at radius 3 is 2.70 bits per heavy atom. The zero-order chi connectivity index (χ0) is 16.4. The number of amides is 1. The normalized spacial score (nSPS) is 10.7. The molecule has 0 saturated carbocycles. The number of nitrogens with zero attached hydrogens (tertiary/aromatic N) is 3. The highest BCUT2D eigenvalue weighted by molar-refractivity contribution is 6.04. The molecular weight excluding hydrogens is 299 g/mol. The first-order valence-corrected chi connectivity index (χ1v) is 7.02. The lowest BCUT2D eigenvalue weighted by Gasteiger charge is -2.10. The molecule has 0 unspecified atom stereocenters. The molecule has 2 aromatic heterocycles. The highest BCUT2D eigenvalue weighted by Crippen LogP contribution is 2.13. The third-order valence-corrected chi connectivity index (χ3v) is 3.37. The molecule has 0 aliphatic carbocycles. The number of hydrogen-bond donors (Lipinski definition) is 1. The van der Waals surface area contributed by atoms with Gasteiger partial charge < -0.3 is 5.32 Å². The van der Waals surface area contributed by atoms with Gasteiger partial charge in [0.25, 0.3) is 5.91 Å². The van der Waals surface area contributed by atoms with Crippen LogP contribution >= 0.6 is 0 Å². The average molecular weight is 312 g/mol. The largest absolute Gasteiger partial charge is 0.320 e. The van der Waals surface area contributed by atoms with Gasteiger partial charge in [-0.25, -0.2) is 4.39 Å². The van der Waals surface area contributed by atoms with Crippen molar-refractivity contribution in [1.29, 1.82) is 0 Å². The van der Waals surface area contributed by atoms with E-state index in [0.29, 0.717) is 17.7 Å². The first-order valence-electron chi connectivity index (χ1n) is 7.02. The van der Waals surface area contributed by atoms with Gasteiger partial charge in [0.05, 0.1) is 10.9 Å². The molecule has 0 aliphatic rings. The molecule has 0 aliphatic heterocycles. The lowest BCUT2D eigenvalue weighted by molar-refractivity contribution is 0.101. The fourth-order valence-electron chi connectivity index (χ4n) is 2.28. The zero-order valence-electron chi connectivity index (χ0n) is 12.3. The summed E-state index contributed by atoms with van der Waals surface area (Å²) in [5, 5.41) is 6.81. The molecule has 2 heterocycles. The summed E-state index contributed by atoms with van der Waals surface area (Å²) >= 11 is 0.